The van der Waals surface area contributed by atoms with Gasteiger partial charge in [-0.2, -0.15) is 0 Å². The largest absolute Gasteiger partial charge is 0.573 e. The van der Waals surface area contributed by atoms with E-state index in [1.54, 1.807) is 13.0 Å². The molecule has 1 aromatic carbocycles. The predicted octanol–water partition coefficient (Wildman–Crippen LogP) is 3.97. The molecule has 6 heteroatoms. The van der Waals surface area contributed by atoms with E-state index in [-0.39, 0.29) is 16.9 Å². The van der Waals surface area contributed by atoms with Gasteiger partial charge in [0.2, 0.25) is 0 Å². The van der Waals surface area contributed by atoms with E-state index in [0.29, 0.717) is 12.0 Å². The summed E-state index contributed by atoms with van der Waals surface area (Å²) in [5.41, 5.74) is 0.314. The lowest BCUT2D eigenvalue weighted by Crippen LogP contribution is -2.17. The zero-order chi connectivity index (χ0) is 14.0. The summed E-state index contributed by atoms with van der Waals surface area (Å²) in [5, 5.41) is 0. The lowest BCUT2D eigenvalue weighted by molar-refractivity contribution is -0.274. The van der Waals surface area contributed by atoms with E-state index < -0.39 is 12.1 Å². The molecule has 1 aromatic heterocycles. The molecule has 0 bridgehead atoms. The third-order valence-corrected chi connectivity index (χ3v) is 2.37. The zero-order valence-corrected chi connectivity index (χ0v) is 9.82. The van der Waals surface area contributed by atoms with Gasteiger partial charge in [0.25, 0.3) is 0 Å². The Balaban J connectivity index is 2.51. The number of hydrogen-bond donors (Lipinski definition) is 0. The first-order valence-corrected chi connectivity index (χ1v) is 5.31. The number of ether oxygens (including phenoxy) is 1. The standard InChI is InChI=1S/C13H9F3O3/c1-8-2-4-11(18-8)10-6-9(7-17)3-5-12(10)19-13(14,15)16/h2-7H,1H3. The molecule has 0 spiro atoms. The van der Waals surface area contributed by atoms with Crippen molar-refractivity contribution in [3.63, 3.8) is 0 Å². The smallest absolute Gasteiger partial charge is 0.461 e. The summed E-state index contributed by atoms with van der Waals surface area (Å²) in [6, 6.07) is 6.74. The van der Waals surface area contributed by atoms with Gasteiger partial charge in [-0.3, -0.25) is 4.79 Å². The number of aryl methyl sites for hydroxylation is 1. The van der Waals surface area contributed by atoms with Gasteiger partial charge >= 0.3 is 6.36 Å². The highest BCUT2D eigenvalue weighted by molar-refractivity contribution is 5.80. The SMILES string of the molecule is Cc1ccc(-c2cc(C=O)ccc2OC(F)(F)F)o1. The van der Waals surface area contributed by atoms with Crippen LogP contribution in [0.15, 0.2) is 34.7 Å². The number of furan rings is 1. The molecule has 3 nitrogen and oxygen atoms in total. The monoisotopic (exact) mass is 270 g/mol. The van der Waals surface area contributed by atoms with Crippen LogP contribution in [0.2, 0.25) is 0 Å². The highest BCUT2D eigenvalue weighted by Crippen LogP contribution is 2.35. The van der Waals surface area contributed by atoms with Gasteiger partial charge < -0.3 is 9.15 Å². The fraction of sp³-hybridized carbons (Fsp3) is 0.154. The van der Waals surface area contributed by atoms with Crippen molar-refractivity contribution < 1.29 is 27.1 Å². The minimum Gasteiger partial charge on any atom is -0.461 e. The van der Waals surface area contributed by atoms with Crippen molar-refractivity contribution in [2.75, 3.05) is 0 Å². The maximum Gasteiger partial charge on any atom is 0.573 e. The molecule has 0 aliphatic rings. The molecule has 2 aromatic rings. The summed E-state index contributed by atoms with van der Waals surface area (Å²) in [7, 11) is 0. The van der Waals surface area contributed by atoms with Crippen LogP contribution in [0.5, 0.6) is 5.75 Å². The number of benzene rings is 1. The summed E-state index contributed by atoms with van der Waals surface area (Å²) in [6.07, 6.45) is -4.27. The lowest BCUT2D eigenvalue weighted by atomic mass is 10.1. The van der Waals surface area contributed by atoms with E-state index >= 15 is 0 Å². The van der Waals surface area contributed by atoms with Gasteiger partial charge in [0.05, 0.1) is 5.56 Å². The van der Waals surface area contributed by atoms with Crippen LogP contribution in [-0.4, -0.2) is 12.6 Å². The second-order valence-electron chi connectivity index (χ2n) is 3.83. The maximum atomic E-state index is 12.3. The van der Waals surface area contributed by atoms with Crippen LogP contribution >= 0.6 is 0 Å². The van der Waals surface area contributed by atoms with Gasteiger partial charge in [0.1, 0.15) is 23.6 Å². The van der Waals surface area contributed by atoms with Crippen LogP contribution in [0, 0.1) is 6.92 Å². The van der Waals surface area contributed by atoms with Crippen molar-refractivity contribution in [3.8, 4) is 17.1 Å². The highest BCUT2D eigenvalue weighted by atomic mass is 19.4. The zero-order valence-electron chi connectivity index (χ0n) is 9.82. The van der Waals surface area contributed by atoms with E-state index in [9.17, 15) is 18.0 Å². The summed E-state index contributed by atoms with van der Waals surface area (Å²) in [6.45, 7) is 1.66. The Bertz CT molecular complexity index is 599. The third kappa shape index (κ3) is 3.15. The molecular formula is C13H9F3O3. The minimum absolute atomic E-state index is 0.0787. The minimum atomic E-state index is -4.81. The lowest BCUT2D eigenvalue weighted by Gasteiger charge is -2.12. The Morgan fingerprint density at radius 1 is 1.21 bits per heavy atom. The van der Waals surface area contributed by atoms with E-state index in [1.165, 1.54) is 18.2 Å². The van der Waals surface area contributed by atoms with E-state index in [0.717, 1.165) is 6.07 Å². The van der Waals surface area contributed by atoms with Gasteiger partial charge in [-0.15, -0.1) is 13.2 Å². The van der Waals surface area contributed by atoms with Crippen LogP contribution in [0.3, 0.4) is 0 Å². The van der Waals surface area contributed by atoms with Crippen molar-refractivity contribution in [2.45, 2.75) is 13.3 Å². The average molecular weight is 270 g/mol. The number of aldehydes is 1. The Morgan fingerprint density at radius 3 is 2.47 bits per heavy atom. The molecule has 2 rings (SSSR count). The van der Waals surface area contributed by atoms with Gasteiger partial charge in [0, 0.05) is 5.56 Å². The number of hydrogen-bond acceptors (Lipinski definition) is 3. The molecule has 0 unspecified atom stereocenters. The number of alkyl halides is 3. The Kier molecular flexibility index (Phi) is 3.33. The second-order valence-corrected chi connectivity index (χ2v) is 3.83. The molecule has 0 aliphatic carbocycles. The fourth-order valence-corrected chi connectivity index (χ4v) is 1.61. The van der Waals surface area contributed by atoms with Crippen molar-refractivity contribution >= 4 is 6.29 Å². The first kappa shape index (κ1) is 13.2. The molecule has 0 saturated heterocycles. The molecule has 0 amide bonds. The molecule has 0 aliphatic heterocycles. The van der Waals surface area contributed by atoms with Crippen molar-refractivity contribution in [1.82, 2.24) is 0 Å². The van der Waals surface area contributed by atoms with E-state index in [4.69, 9.17) is 4.42 Å². The Hall–Kier alpha value is -2.24. The van der Waals surface area contributed by atoms with Crippen LogP contribution in [-0.2, 0) is 0 Å². The van der Waals surface area contributed by atoms with Crippen LogP contribution in [0.1, 0.15) is 16.1 Å². The molecular weight excluding hydrogens is 261 g/mol. The first-order valence-electron chi connectivity index (χ1n) is 5.31. The molecule has 0 fully saturated rings. The van der Waals surface area contributed by atoms with Gasteiger partial charge in [-0.05, 0) is 37.3 Å². The number of halogens is 3. The maximum absolute atomic E-state index is 12.3. The van der Waals surface area contributed by atoms with Crippen molar-refractivity contribution in [1.29, 1.82) is 0 Å². The predicted molar refractivity (Wildman–Crippen MR) is 61.0 cm³/mol. The summed E-state index contributed by atoms with van der Waals surface area (Å²) < 4.78 is 46.1. The van der Waals surface area contributed by atoms with E-state index in [1.807, 2.05) is 0 Å². The van der Waals surface area contributed by atoms with Crippen molar-refractivity contribution in [2.24, 2.45) is 0 Å². The van der Waals surface area contributed by atoms with Crippen molar-refractivity contribution in [3.05, 3.63) is 41.7 Å². The van der Waals surface area contributed by atoms with Gasteiger partial charge in [-0.1, -0.05) is 0 Å². The summed E-state index contributed by atoms with van der Waals surface area (Å²) >= 11 is 0. The van der Waals surface area contributed by atoms with E-state index in [2.05, 4.69) is 4.74 Å². The molecule has 0 saturated carbocycles. The van der Waals surface area contributed by atoms with Gasteiger partial charge in [-0.25, -0.2) is 0 Å². The Labute approximate surface area is 106 Å². The normalized spacial score (nSPS) is 11.4. The molecule has 0 atom stereocenters. The molecule has 1 heterocycles. The average Bonchev–Trinajstić information content (AvgIpc) is 2.74. The Morgan fingerprint density at radius 2 is 1.95 bits per heavy atom. The molecule has 0 radical (unpaired) electrons. The first-order chi connectivity index (χ1) is 8.89. The number of rotatable bonds is 3. The van der Waals surface area contributed by atoms with Crippen LogP contribution in [0.4, 0.5) is 13.2 Å². The quantitative estimate of drug-likeness (QED) is 0.792. The highest BCUT2D eigenvalue weighted by Gasteiger charge is 2.32. The third-order valence-electron chi connectivity index (χ3n) is 2.37. The number of carbonyl (C=O) groups excluding carboxylic acids is 1. The van der Waals surface area contributed by atoms with Gasteiger partial charge in [0.15, 0.2) is 0 Å². The molecule has 0 N–H and O–H groups in total. The van der Waals surface area contributed by atoms with Crippen LogP contribution in [0.25, 0.3) is 11.3 Å². The number of carbonyl (C=O) groups is 1. The molecule has 100 valence electrons. The molecule has 19 heavy (non-hydrogen) atoms. The fourth-order valence-electron chi connectivity index (χ4n) is 1.61. The second kappa shape index (κ2) is 4.79. The van der Waals surface area contributed by atoms with Crippen LogP contribution < -0.4 is 4.74 Å². The topological polar surface area (TPSA) is 39.4 Å². The summed E-state index contributed by atoms with van der Waals surface area (Å²) in [5.74, 6) is 0.345. The summed E-state index contributed by atoms with van der Waals surface area (Å²) in [4.78, 5) is 10.7.